The van der Waals surface area contributed by atoms with Gasteiger partial charge in [0.25, 0.3) is 0 Å². The maximum atomic E-state index is 8.72. The summed E-state index contributed by atoms with van der Waals surface area (Å²) in [5, 5.41) is 0. The summed E-state index contributed by atoms with van der Waals surface area (Å²) in [6.45, 7) is 10.5. The van der Waals surface area contributed by atoms with Crippen LogP contribution in [0, 0.1) is 12.3 Å². The van der Waals surface area contributed by atoms with E-state index in [0.29, 0.717) is 0 Å². The normalized spacial score (nSPS) is 15.6. The summed E-state index contributed by atoms with van der Waals surface area (Å²) in [7, 11) is 2.06. The van der Waals surface area contributed by atoms with Crippen LogP contribution in [0.15, 0.2) is 42.6 Å². The van der Waals surface area contributed by atoms with E-state index >= 15 is 0 Å². The van der Waals surface area contributed by atoms with E-state index in [9.17, 15) is 0 Å². The average Bonchev–Trinajstić information content (AvgIpc) is 2.38. The second kappa shape index (κ2) is 5.40. The molecule has 20 heavy (non-hydrogen) atoms. The molecule has 0 spiro atoms. The second-order valence-corrected chi connectivity index (χ2v) is 6.60. The fourth-order valence-electron chi connectivity index (χ4n) is 2.40. The quantitative estimate of drug-likeness (QED) is 0.699. The third-order valence-electron chi connectivity index (χ3n) is 4.11. The van der Waals surface area contributed by atoms with Crippen LogP contribution < -0.4 is 4.57 Å². The molecule has 1 atom stereocenters. The SMILES string of the molecule is [2H]C(C)(c1ccc(-c2ccccc2C)[n+](C)c1)C(C)(C)C. The summed E-state index contributed by atoms with van der Waals surface area (Å²) < 4.78 is 10.9. The number of benzene rings is 1. The predicted octanol–water partition coefficient (Wildman–Crippen LogP) is 4.64. The van der Waals surface area contributed by atoms with Crippen LogP contribution >= 0.6 is 0 Å². The van der Waals surface area contributed by atoms with E-state index < -0.39 is 5.89 Å². The first-order valence-electron chi connectivity index (χ1n) is 7.71. The molecule has 0 amide bonds. The van der Waals surface area contributed by atoms with Gasteiger partial charge in [0.1, 0.15) is 7.05 Å². The summed E-state index contributed by atoms with van der Waals surface area (Å²) in [5.41, 5.74) is 4.64. The maximum absolute atomic E-state index is 8.72. The Labute approximate surface area is 124 Å². The Bertz CT molecular complexity index is 651. The molecule has 0 radical (unpaired) electrons. The molecule has 0 bridgehead atoms. The lowest BCUT2D eigenvalue weighted by molar-refractivity contribution is -0.660. The third-order valence-corrected chi connectivity index (χ3v) is 4.11. The number of pyridine rings is 1. The zero-order valence-corrected chi connectivity index (χ0v) is 13.5. The standard InChI is InChI=1S/C19H26N/c1-14-9-7-8-10-17(14)18-12-11-16(13-20(18)6)15(2)19(3,4)5/h7-13,15H,1-6H3/q+1/i15D. The molecule has 0 aliphatic rings. The highest BCUT2D eigenvalue weighted by Gasteiger charge is 2.24. The first-order chi connectivity index (χ1) is 9.64. The van der Waals surface area contributed by atoms with Crippen LogP contribution in [0.1, 0.15) is 46.1 Å². The lowest BCUT2D eigenvalue weighted by Gasteiger charge is -2.26. The Morgan fingerprint density at radius 3 is 2.30 bits per heavy atom. The summed E-state index contributed by atoms with van der Waals surface area (Å²) >= 11 is 0. The monoisotopic (exact) mass is 269 g/mol. The minimum Gasteiger partial charge on any atom is -0.201 e. The molecule has 1 aromatic heterocycles. The van der Waals surface area contributed by atoms with E-state index in [2.05, 4.69) is 81.9 Å². The molecule has 0 saturated carbocycles. The molecule has 0 aliphatic carbocycles. The molecule has 1 unspecified atom stereocenters. The molecule has 2 rings (SSSR count). The fraction of sp³-hybridized carbons (Fsp3) is 0.421. The molecule has 1 aromatic carbocycles. The van der Waals surface area contributed by atoms with Gasteiger partial charge < -0.3 is 0 Å². The lowest BCUT2D eigenvalue weighted by atomic mass is 9.78. The number of aromatic nitrogens is 1. The molecule has 1 nitrogen and oxygen atoms in total. The Kier molecular flexibility index (Phi) is 3.60. The highest BCUT2D eigenvalue weighted by atomic mass is 14.9. The van der Waals surface area contributed by atoms with Crippen LogP contribution in [-0.4, -0.2) is 0 Å². The molecule has 0 fully saturated rings. The minimum absolute atomic E-state index is 0.107. The van der Waals surface area contributed by atoms with Crippen molar-refractivity contribution in [3.05, 3.63) is 53.7 Å². The van der Waals surface area contributed by atoms with Gasteiger partial charge in [-0.25, -0.2) is 4.57 Å². The van der Waals surface area contributed by atoms with Gasteiger partial charge >= 0.3 is 0 Å². The fourth-order valence-corrected chi connectivity index (χ4v) is 2.40. The number of nitrogens with zero attached hydrogens (tertiary/aromatic N) is 1. The Hall–Kier alpha value is -1.63. The summed E-state index contributed by atoms with van der Waals surface area (Å²) in [6.07, 6.45) is 2.10. The molecule has 1 heterocycles. The van der Waals surface area contributed by atoms with Gasteiger partial charge in [0.05, 0.1) is 0 Å². The van der Waals surface area contributed by atoms with Crippen molar-refractivity contribution in [2.45, 2.75) is 40.5 Å². The van der Waals surface area contributed by atoms with E-state index in [1.54, 1.807) is 0 Å². The minimum atomic E-state index is -0.616. The molecule has 0 saturated heterocycles. The lowest BCUT2D eigenvalue weighted by Crippen LogP contribution is -2.32. The zero-order valence-electron chi connectivity index (χ0n) is 14.5. The highest BCUT2D eigenvalue weighted by molar-refractivity contribution is 5.60. The van der Waals surface area contributed by atoms with Gasteiger partial charge in [0.2, 0.25) is 5.69 Å². The average molecular weight is 269 g/mol. The van der Waals surface area contributed by atoms with Gasteiger partial charge in [0.15, 0.2) is 6.20 Å². The Balaban J connectivity index is 2.51. The number of aryl methyl sites for hydroxylation is 2. The van der Waals surface area contributed by atoms with Gasteiger partial charge in [-0.1, -0.05) is 45.9 Å². The van der Waals surface area contributed by atoms with Crippen LogP contribution in [0.3, 0.4) is 0 Å². The predicted molar refractivity (Wildman–Crippen MR) is 85.7 cm³/mol. The van der Waals surface area contributed by atoms with Crippen LogP contribution in [-0.2, 0) is 7.05 Å². The number of hydrogen-bond acceptors (Lipinski definition) is 0. The molecule has 0 aliphatic heterocycles. The molecule has 2 aromatic rings. The Morgan fingerprint density at radius 1 is 1.10 bits per heavy atom. The van der Waals surface area contributed by atoms with Crippen molar-refractivity contribution in [3.63, 3.8) is 0 Å². The van der Waals surface area contributed by atoms with E-state index in [4.69, 9.17) is 1.37 Å². The van der Waals surface area contributed by atoms with E-state index in [1.807, 2.05) is 6.92 Å². The molecule has 1 heteroatoms. The Morgan fingerprint density at radius 2 is 1.75 bits per heavy atom. The van der Waals surface area contributed by atoms with Crippen molar-refractivity contribution in [3.8, 4) is 11.3 Å². The largest absolute Gasteiger partial charge is 0.212 e. The number of hydrogen-bond donors (Lipinski definition) is 0. The summed E-state index contributed by atoms with van der Waals surface area (Å²) in [6, 6.07) is 12.6. The molecular formula is C19H26N+. The zero-order chi connectivity index (χ0) is 15.8. The smallest absolute Gasteiger partial charge is 0.201 e. The van der Waals surface area contributed by atoms with Crippen molar-refractivity contribution in [1.29, 1.82) is 0 Å². The van der Waals surface area contributed by atoms with Gasteiger partial charge in [-0.3, -0.25) is 0 Å². The van der Waals surface area contributed by atoms with Crippen molar-refractivity contribution in [2.75, 3.05) is 0 Å². The van der Waals surface area contributed by atoms with Crippen molar-refractivity contribution < 1.29 is 5.94 Å². The summed E-state index contributed by atoms with van der Waals surface area (Å²) in [4.78, 5) is 0. The van der Waals surface area contributed by atoms with Crippen LogP contribution in [0.4, 0.5) is 0 Å². The number of rotatable bonds is 2. The topological polar surface area (TPSA) is 3.88 Å². The maximum Gasteiger partial charge on any atom is 0.212 e. The second-order valence-electron chi connectivity index (χ2n) is 6.60. The van der Waals surface area contributed by atoms with E-state index in [1.165, 1.54) is 16.8 Å². The van der Waals surface area contributed by atoms with Gasteiger partial charge in [-0.15, -0.1) is 0 Å². The highest BCUT2D eigenvalue weighted by Crippen LogP contribution is 2.34. The third kappa shape index (κ3) is 2.92. The van der Waals surface area contributed by atoms with Crippen molar-refractivity contribution >= 4 is 0 Å². The van der Waals surface area contributed by atoms with Crippen LogP contribution in [0.5, 0.6) is 0 Å². The molecular weight excluding hydrogens is 242 g/mol. The first kappa shape index (κ1) is 13.4. The van der Waals surface area contributed by atoms with Gasteiger partial charge in [-0.05, 0) is 35.9 Å². The van der Waals surface area contributed by atoms with E-state index in [0.717, 1.165) is 5.56 Å². The van der Waals surface area contributed by atoms with Crippen LogP contribution in [0.2, 0.25) is 0 Å². The summed E-state index contributed by atoms with van der Waals surface area (Å²) in [5.74, 6) is -0.616. The molecule has 0 N–H and O–H groups in total. The van der Waals surface area contributed by atoms with Crippen molar-refractivity contribution in [1.82, 2.24) is 0 Å². The first-order valence-corrected chi connectivity index (χ1v) is 7.21. The van der Waals surface area contributed by atoms with E-state index in [-0.39, 0.29) is 5.41 Å². The van der Waals surface area contributed by atoms with Crippen LogP contribution in [0.25, 0.3) is 11.3 Å². The van der Waals surface area contributed by atoms with Gasteiger partial charge in [0, 0.05) is 18.6 Å². The molecule has 106 valence electrons. The van der Waals surface area contributed by atoms with Gasteiger partial charge in [-0.2, -0.15) is 0 Å². The van der Waals surface area contributed by atoms with Crippen molar-refractivity contribution in [2.24, 2.45) is 12.5 Å².